The Balaban J connectivity index is 1.82. The van der Waals surface area contributed by atoms with E-state index in [0.717, 1.165) is 36.7 Å². The number of aromatic nitrogens is 2. The smallest absolute Gasteiger partial charge is 0.257 e. The van der Waals surface area contributed by atoms with E-state index >= 15 is 0 Å². The van der Waals surface area contributed by atoms with Crippen molar-refractivity contribution in [1.29, 1.82) is 0 Å². The first-order valence-electron chi connectivity index (χ1n) is 9.41. The Morgan fingerprint density at radius 2 is 1.91 bits per heavy atom. The second kappa shape index (κ2) is 7.06. The number of nitrogens with zero attached hydrogens (tertiary/aromatic N) is 3. The summed E-state index contributed by atoms with van der Waals surface area (Å²) in [4.78, 5) is 15.4. The minimum absolute atomic E-state index is 0.219. The van der Waals surface area contributed by atoms with E-state index in [1.54, 1.807) is 6.20 Å². The summed E-state index contributed by atoms with van der Waals surface area (Å²) in [6, 6.07) is 0.464. The molecule has 0 aromatic carbocycles. The second-order valence-corrected chi connectivity index (χ2v) is 7.83. The highest BCUT2D eigenvalue weighted by Crippen LogP contribution is 2.35. The fourth-order valence-electron chi connectivity index (χ4n) is 4.38. The van der Waals surface area contributed by atoms with Crippen LogP contribution in [-0.2, 0) is 6.54 Å². The lowest BCUT2D eigenvalue weighted by molar-refractivity contribution is 0.0568. The van der Waals surface area contributed by atoms with Gasteiger partial charge in [0, 0.05) is 24.8 Å². The van der Waals surface area contributed by atoms with E-state index in [0.29, 0.717) is 12.0 Å². The number of carbonyl (C=O) groups is 1. The lowest BCUT2D eigenvalue weighted by Gasteiger charge is -2.38. The van der Waals surface area contributed by atoms with Gasteiger partial charge in [-0.25, -0.2) is 0 Å². The summed E-state index contributed by atoms with van der Waals surface area (Å²) >= 11 is 0. The highest BCUT2D eigenvalue weighted by molar-refractivity contribution is 5.95. The maximum absolute atomic E-state index is 13.2. The summed E-state index contributed by atoms with van der Waals surface area (Å²) in [6.45, 7) is 8.22. The van der Waals surface area contributed by atoms with E-state index < -0.39 is 0 Å². The van der Waals surface area contributed by atoms with Crippen LogP contribution in [0.15, 0.2) is 6.20 Å². The molecular weight excluding hydrogens is 286 g/mol. The van der Waals surface area contributed by atoms with Crippen molar-refractivity contribution in [2.24, 2.45) is 11.8 Å². The van der Waals surface area contributed by atoms with Crippen molar-refractivity contribution >= 4 is 5.91 Å². The molecule has 128 valence electrons. The van der Waals surface area contributed by atoms with Gasteiger partial charge in [-0.1, -0.05) is 33.1 Å². The molecular formula is C19H31N3O. The summed E-state index contributed by atoms with van der Waals surface area (Å²) in [7, 11) is 0. The van der Waals surface area contributed by atoms with Crippen molar-refractivity contribution in [2.75, 3.05) is 6.54 Å². The summed E-state index contributed by atoms with van der Waals surface area (Å²) in [5.74, 6) is 1.48. The van der Waals surface area contributed by atoms with Gasteiger partial charge < -0.3 is 4.90 Å². The van der Waals surface area contributed by atoms with Crippen molar-refractivity contribution in [3.63, 3.8) is 0 Å². The molecule has 2 atom stereocenters. The first-order valence-corrected chi connectivity index (χ1v) is 9.41. The molecule has 23 heavy (non-hydrogen) atoms. The van der Waals surface area contributed by atoms with Crippen molar-refractivity contribution in [2.45, 2.75) is 78.3 Å². The molecule has 0 radical (unpaired) electrons. The molecule has 0 bridgehead atoms. The van der Waals surface area contributed by atoms with Gasteiger partial charge in [0.2, 0.25) is 0 Å². The molecule has 0 spiro atoms. The molecule has 3 rings (SSSR count). The van der Waals surface area contributed by atoms with Crippen LogP contribution in [0, 0.1) is 18.8 Å². The van der Waals surface area contributed by atoms with Crippen LogP contribution in [0.2, 0.25) is 0 Å². The van der Waals surface area contributed by atoms with Gasteiger partial charge in [0.25, 0.3) is 5.91 Å². The van der Waals surface area contributed by atoms with Crippen LogP contribution in [0.4, 0.5) is 0 Å². The fraction of sp³-hybridized carbons (Fsp3) is 0.789. The van der Waals surface area contributed by atoms with Crippen molar-refractivity contribution in [1.82, 2.24) is 14.7 Å². The van der Waals surface area contributed by atoms with E-state index in [4.69, 9.17) is 0 Å². The average Bonchev–Trinajstić information content (AvgIpc) is 2.76. The predicted molar refractivity (Wildman–Crippen MR) is 92.4 cm³/mol. The maximum atomic E-state index is 13.2. The van der Waals surface area contributed by atoms with E-state index in [-0.39, 0.29) is 5.91 Å². The number of carbonyl (C=O) groups excluding carboxylic acids is 1. The summed E-state index contributed by atoms with van der Waals surface area (Å²) in [6.07, 6.45) is 10.6. The molecule has 4 heteroatoms. The van der Waals surface area contributed by atoms with E-state index in [1.807, 2.05) is 11.6 Å². The number of likely N-dealkylation sites (tertiary alicyclic amines) is 1. The van der Waals surface area contributed by atoms with Gasteiger partial charge in [-0.3, -0.25) is 9.48 Å². The number of rotatable bonds is 3. The van der Waals surface area contributed by atoms with Gasteiger partial charge in [-0.2, -0.15) is 5.10 Å². The molecule has 1 aromatic heterocycles. The molecule has 1 amide bonds. The summed E-state index contributed by atoms with van der Waals surface area (Å²) < 4.78 is 1.99. The zero-order valence-electron chi connectivity index (χ0n) is 14.9. The van der Waals surface area contributed by atoms with Crippen LogP contribution in [0.3, 0.4) is 0 Å². The largest absolute Gasteiger partial charge is 0.335 e. The molecule has 1 aliphatic heterocycles. The molecule has 2 aliphatic rings. The SMILES string of the molecule is Cc1c(C(=O)N2CCCC[C@@H]3CCCC[C@H]32)cnn1CC(C)C. The lowest BCUT2D eigenvalue weighted by Crippen LogP contribution is -2.45. The Kier molecular flexibility index (Phi) is 5.08. The number of amides is 1. The Hall–Kier alpha value is -1.32. The maximum Gasteiger partial charge on any atom is 0.257 e. The van der Waals surface area contributed by atoms with E-state index in [9.17, 15) is 4.79 Å². The van der Waals surface area contributed by atoms with Crippen LogP contribution < -0.4 is 0 Å². The van der Waals surface area contributed by atoms with Crippen LogP contribution in [0.25, 0.3) is 0 Å². The number of hydrogen-bond donors (Lipinski definition) is 0. The van der Waals surface area contributed by atoms with Crippen LogP contribution in [0.5, 0.6) is 0 Å². The normalized spacial score (nSPS) is 25.3. The van der Waals surface area contributed by atoms with Gasteiger partial charge in [-0.05, 0) is 44.4 Å². The van der Waals surface area contributed by atoms with Gasteiger partial charge in [0.1, 0.15) is 0 Å². The van der Waals surface area contributed by atoms with Crippen molar-refractivity contribution < 1.29 is 4.79 Å². The molecule has 2 fully saturated rings. The van der Waals surface area contributed by atoms with Gasteiger partial charge >= 0.3 is 0 Å². The lowest BCUT2D eigenvalue weighted by atomic mass is 9.81. The van der Waals surface area contributed by atoms with Crippen LogP contribution in [-0.4, -0.2) is 33.2 Å². The monoisotopic (exact) mass is 317 g/mol. The average molecular weight is 317 g/mol. The van der Waals surface area contributed by atoms with Gasteiger partial charge in [0.05, 0.1) is 11.8 Å². The minimum atomic E-state index is 0.219. The quantitative estimate of drug-likeness (QED) is 0.844. The predicted octanol–water partition coefficient (Wildman–Crippen LogP) is 4.03. The molecule has 2 heterocycles. The molecule has 4 nitrogen and oxygen atoms in total. The third kappa shape index (κ3) is 3.46. The Bertz CT molecular complexity index is 549. The minimum Gasteiger partial charge on any atom is -0.335 e. The second-order valence-electron chi connectivity index (χ2n) is 7.83. The standard InChI is InChI=1S/C19H31N3O/c1-14(2)13-22-15(3)17(12-20-22)19(23)21-11-7-6-9-16-8-4-5-10-18(16)21/h12,14,16,18H,4-11,13H2,1-3H3/t16-,18+/m0/s1. The molecule has 1 aliphatic carbocycles. The van der Waals surface area contributed by atoms with Crippen molar-refractivity contribution in [3.8, 4) is 0 Å². The van der Waals surface area contributed by atoms with Crippen molar-refractivity contribution in [3.05, 3.63) is 17.5 Å². The summed E-state index contributed by atoms with van der Waals surface area (Å²) in [5.41, 5.74) is 1.84. The third-order valence-corrected chi connectivity index (χ3v) is 5.63. The fourth-order valence-corrected chi connectivity index (χ4v) is 4.38. The third-order valence-electron chi connectivity index (χ3n) is 5.63. The molecule has 1 aromatic rings. The number of hydrogen-bond acceptors (Lipinski definition) is 2. The van der Waals surface area contributed by atoms with Gasteiger partial charge in [0.15, 0.2) is 0 Å². The van der Waals surface area contributed by atoms with Crippen LogP contribution >= 0.6 is 0 Å². The van der Waals surface area contributed by atoms with Gasteiger partial charge in [-0.15, -0.1) is 0 Å². The van der Waals surface area contributed by atoms with E-state index in [1.165, 1.54) is 38.5 Å². The first kappa shape index (κ1) is 16.5. The number of fused-ring (bicyclic) bond motifs is 1. The molecule has 1 saturated carbocycles. The molecule has 0 N–H and O–H groups in total. The highest BCUT2D eigenvalue weighted by Gasteiger charge is 2.35. The molecule has 0 unspecified atom stereocenters. The molecule has 1 saturated heterocycles. The zero-order valence-corrected chi connectivity index (χ0v) is 14.9. The zero-order chi connectivity index (χ0) is 16.4. The summed E-state index contributed by atoms with van der Waals surface area (Å²) in [5, 5.41) is 4.47. The Morgan fingerprint density at radius 1 is 1.22 bits per heavy atom. The Morgan fingerprint density at radius 3 is 2.65 bits per heavy atom. The first-order chi connectivity index (χ1) is 11.1. The Labute approximate surface area is 140 Å². The topological polar surface area (TPSA) is 38.1 Å². The highest BCUT2D eigenvalue weighted by atomic mass is 16.2. The van der Waals surface area contributed by atoms with Crippen LogP contribution in [0.1, 0.15) is 74.8 Å². The van der Waals surface area contributed by atoms with E-state index in [2.05, 4.69) is 23.8 Å².